The number of ether oxygens (including phenoxy) is 1. The molecule has 7 heteroatoms. The van der Waals surface area contributed by atoms with Gasteiger partial charge >= 0.3 is 13.1 Å². The van der Waals surface area contributed by atoms with Gasteiger partial charge < -0.3 is 19.1 Å². The Morgan fingerprint density at radius 2 is 1.79 bits per heavy atom. The van der Waals surface area contributed by atoms with Gasteiger partial charge in [0, 0.05) is 7.05 Å². The van der Waals surface area contributed by atoms with Crippen molar-refractivity contribution in [1.29, 1.82) is 0 Å². The Labute approximate surface area is 146 Å². The molecule has 0 aromatic heterocycles. The lowest BCUT2D eigenvalue weighted by atomic mass is 9.83. The van der Waals surface area contributed by atoms with Crippen LogP contribution in [0.5, 0.6) is 0 Å². The summed E-state index contributed by atoms with van der Waals surface area (Å²) in [5.41, 5.74) is 2.95. The molecule has 2 atom stereocenters. The van der Waals surface area contributed by atoms with Crippen LogP contribution < -0.4 is 5.43 Å². The van der Waals surface area contributed by atoms with E-state index in [1.165, 1.54) is 0 Å². The second-order valence-electron chi connectivity index (χ2n) is 8.79. The molecule has 1 N–H and O–H groups in total. The third-order valence-electron chi connectivity index (χ3n) is 5.32. The molecule has 0 saturated carbocycles. The molecule has 2 aliphatic heterocycles. The molecule has 2 aliphatic rings. The number of hydrogen-bond acceptors (Lipinski definition) is 6. The number of hydrazine groups is 1. The normalized spacial score (nSPS) is 27.2. The quantitative estimate of drug-likeness (QED) is 0.629. The highest BCUT2D eigenvalue weighted by atomic mass is 16.7. The Balaban J connectivity index is 2.09. The summed E-state index contributed by atoms with van der Waals surface area (Å²) in [4.78, 5) is 12.4. The summed E-state index contributed by atoms with van der Waals surface area (Å²) in [6.45, 7) is 16.1. The number of carbonyl (C=O) groups excluding carboxylic acids is 1. The molecule has 136 valence electrons. The first-order valence-electron chi connectivity index (χ1n) is 8.52. The predicted octanol–water partition coefficient (Wildman–Crippen LogP) is 2.30. The molecule has 24 heavy (non-hydrogen) atoms. The molecular weight excluding hydrogens is 307 g/mol. The number of hydrogen-bond donors (Lipinski definition) is 1. The van der Waals surface area contributed by atoms with Crippen molar-refractivity contribution in [2.45, 2.75) is 78.7 Å². The van der Waals surface area contributed by atoms with Crippen molar-refractivity contribution in [3.8, 4) is 0 Å². The van der Waals surface area contributed by atoms with Gasteiger partial charge in [-0.15, -0.1) is 0 Å². The molecule has 1 fully saturated rings. The lowest BCUT2D eigenvalue weighted by Crippen LogP contribution is -2.43. The molecule has 0 spiro atoms. The molecular formula is C17H31BN2O4. The van der Waals surface area contributed by atoms with Crippen molar-refractivity contribution in [3.05, 3.63) is 11.7 Å². The number of carbonyl (C=O) groups is 1. The van der Waals surface area contributed by atoms with E-state index in [0.29, 0.717) is 0 Å². The van der Waals surface area contributed by atoms with Gasteiger partial charge in [0.05, 0.1) is 16.8 Å². The molecule has 0 aromatic rings. The monoisotopic (exact) mass is 338 g/mol. The summed E-state index contributed by atoms with van der Waals surface area (Å²) >= 11 is 0. The molecule has 0 aliphatic carbocycles. The zero-order valence-corrected chi connectivity index (χ0v) is 16.4. The van der Waals surface area contributed by atoms with Crippen molar-refractivity contribution in [2.75, 3.05) is 7.05 Å². The van der Waals surface area contributed by atoms with Crippen LogP contribution in [0.25, 0.3) is 0 Å². The van der Waals surface area contributed by atoms with E-state index in [1.54, 1.807) is 5.01 Å². The van der Waals surface area contributed by atoms with Crippen molar-refractivity contribution in [3.63, 3.8) is 0 Å². The zero-order chi connectivity index (χ0) is 18.5. The maximum absolute atomic E-state index is 12.4. The Morgan fingerprint density at radius 1 is 1.29 bits per heavy atom. The van der Waals surface area contributed by atoms with Gasteiger partial charge in [0.25, 0.3) is 0 Å². The first kappa shape index (κ1) is 19.3. The van der Waals surface area contributed by atoms with E-state index in [-0.39, 0.29) is 17.5 Å². The third-order valence-corrected chi connectivity index (χ3v) is 5.32. The standard InChI is InChI=1S/C17H31BN2O4/c1-11(15(2,3)4)22-14(21)12-10-13(20(9)19-12)18-23-16(5,6)17(7,8)24-18/h10-12,19H,1-9H3. The van der Waals surface area contributed by atoms with E-state index >= 15 is 0 Å². The van der Waals surface area contributed by atoms with Crippen LogP contribution in [0.4, 0.5) is 0 Å². The van der Waals surface area contributed by atoms with Crippen LogP contribution in [0, 0.1) is 5.41 Å². The topological polar surface area (TPSA) is 60.0 Å². The van der Waals surface area contributed by atoms with Gasteiger partial charge in [0.1, 0.15) is 12.1 Å². The van der Waals surface area contributed by atoms with E-state index in [2.05, 4.69) is 5.43 Å². The second kappa shape index (κ2) is 6.04. The Morgan fingerprint density at radius 3 is 2.25 bits per heavy atom. The van der Waals surface area contributed by atoms with E-state index in [9.17, 15) is 4.79 Å². The van der Waals surface area contributed by atoms with Crippen LogP contribution in [0.3, 0.4) is 0 Å². The van der Waals surface area contributed by atoms with Gasteiger partial charge in [-0.05, 0) is 46.1 Å². The number of esters is 1. The predicted molar refractivity (Wildman–Crippen MR) is 93.9 cm³/mol. The van der Waals surface area contributed by atoms with Crippen molar-refractivity contribution in [1.82, 2.24) is 10.4 Å². The van der Waals surface area contributed by atoms with Gasteiger partial charge in [-0.1, -0.05) is 20.8 Å². The minimum Gasteiger partial charge on any atom is -0.461 e. The molecule has 2 heterocycles. The Kier molecular flexibility index (Phi) is 4.85. The highest BCUT2D eigenvalue weighted by Gasteiger charge is 2.54. The van der Waals surface area contributed by atoms with Crippen LogP contribution in [0.15, 0.2) is 11.7 Å². The van der Waals surface area contributed by atoms with Crippen molar-refractivity contribution < 1.29 is 18.8 Å². The summed E-state index contributed by atoms with van der Waals surface area (Å²) < 4.78 is 17.7. The molecule has 1 saturated heterocycles. The smallest absolute Gasteiger partial charge is 0.461 e. The van der Waals surface area contributed by atoms with E-state index in [0.717, 1.165) is 5.60 Å². The van der Waals surface area contributed by atoms with Gasteiger partial charge in [-0.2, -0.15) is 0 Å². The average molecular weight is 338 g/mol. The molecule has 0 radical (unpaired) electrons. The fraction of sp³-hybridized carbons (Fsp3) is 0.824. The maximum Gasteiger partial charge on any atom is 0.513 e. The van der Waals surface area contributed by atoms with E-state index in [4.69, 9.17) is 14.0 Å². The van der Waals surface area contributed by atoms with Gasteiger partial charge in [-0.3, -0.25) is 0 Å². The van der Waals surface area contributed by atoms with Crippen LogP contribution in [-0.4, -0.2) is 48.5 Å². The SMILES string of the molecule is CC(OC(=O)C1C=C(B2OC(C)(C)C(C)(C)O2)N(C)N1)C(C)(C)C. The first-order chi connectivity index (χ1) is 10.7. The van der Waals surface area contributed by atoms with Gasteiger partial charge in [-0.25, -0.2) is 10.2 Å². The Bertz CT molecular complexity index is 523. The van der Waals surface area contributed by atoms with Crippen LogP contribution in [-0.2, 0) is 18.8 Å². The van der Waals surface area contributed by atoms with E-state index < -0.39 is 24.4 Å². The number of nitrogens with one attached hydrogen (secondary N) is 1. The van der Waals surface area contributed by atoms with Gasteiger partial charge in [0.2, 0.25) is 0 Å². The average Bonchev–Trinajstić information content (AvgIpc) is 2.86. The minimum absolute atomic E-state index is 0.0988. The Hall–Kier alpha value is -1.05. The summed E-state index contributed by atoms with van der Waals surface area (Å²) in [5.74, 6) is -0.296. The summed E-state index contributed by atoms with van der Waals surface area (Å²) in [7, 11) is 1.34. The number of rotatable bonds is 3. The highest BCUT2D eigenvalue weighted by molar-refractivity contribution is 6.54. The van der Waals surface area contributed by atoms with E-state index in [1.807, 2.05) is 68.5 Å². The fourth-order valence-electron chi connectivity index (χ4n) is 2.35. The summed E-state index contributed by atoms with van der Waals surface area (Å²) in [6, 6.07) is -0.533. The first-order valence-corrected chi connectivity index (χ1v) is 8.52. The highest BCUT2D eigenvalue weighted by Crippen LogP contribution is 2.39. The lowest BCUT2D eigenvalue weighted by molar-refractivity contribution is -0.155. The summed E-state index contributed by atoms with van der Waals surface area (Å²) in [5, 5.41) is 1.77. The fourth-order valence-corrected chi connectivity index (χ4v) is 2.35. The maximum atomic E-state index is 12.4. The summed E-state index contributed by atoms with van der Waals surface area (Å²) in [6.07, 6.45) is 1.64. The molecule has 0 amide bonds. The molecule has 6 nitrogen and oxygen atoms in total. The minimum atomic E-state index is -0.533. The van der Waals surface area contributed by atoms with Crippen LogP contribution in [0.2, 0.25) is 0 Å². The van der Waals surface area contributed by atoms with Gasteiger partial charge in [0.15, 0.2) is 0 Å². The van der Waals surface area contributed by atoms with Crippen molar-refractivity contribution >= 4 is 13.1 Å². The third kappa shape index (κ3) is 3.63. The largest absolute Gasteiger partial charge is 0.513 e. The molecule has 0 bridgehead atoms. The van der Waals surface area contributed by atoms with Crippen LogP contribution in [0.1, 0.15) is 55.4 Å². The lowest BCUT2D eigenvalue weighted by Gasteiger charge is -2.32. The van der Waals surface area contributed by atoms with Crippen LogP contribution >= 0.6 is 0 Å². The molecule has 0 aromatic carbocycles. The molecule has 2 unspecified atom stereocenters. The second-order valence-corrected chi connectivity index (χ2v) is 8.79. The molecule has 2 rings (SSSR count). The van der Waals surface area contributed by atoms with Crippen molar-refractivity contribution in [2.24, 2.45) is 5.41 Å². The number of nitrogens with zero attached hydrogens (tertiary/aromatic N) is 1. The zero-order valence-electron chi connectivity index (χ0n) is 16.4.